The predicted molar refractivity (Wildman–Crippen MR) is 73.1 cm³/mol. The fourth-order valence-corrected chi connectivity index (χ4v) is 2.58. The van der Waals surface area contributed by atoms with Gasteiger partial charge in [-0.25, -0.2) is 4.98 Å². The molecule has 1 aromatic carbocycles. The Morgan fingerprint density at radius 1 is 1.44 bits per heavy atom. The zero-order chi connectivity index (χ0) is 12.5. The van der Waals surface area contributed by atoms with Crippen LogP contribution in [0.3, 0.4) is 0 Å². The molecule has 1 atom stereocenters. The summed E-state index contributed by atoms with van der Waals surface area (Å²) >= 11 is 6.06. The standard InChI is InChI=1S/C14H16ClN3/c1-10(11-3-2-4-13(15)5-11)18-9-17-8-14(18)12-6-16-7-12/h2-5,8-10,12,16H,6-7H2,1H3. The number of benzene rings is 1. The van der Waals surface area contributed by atoms with E-state index in [1.807, 2.05) is 30.7 Å². The summed E-state index contributed by atoms with van der Waals surface area (Å²) in [6.45, 7) is 4.28. The molecule has 0 aliphatic carbocycles. The van der Waals surface area contributed by atoms with Crippen molar-refractivity contribution in [2.75, 3.05) is 13.1 Å². The number of imidazole rings is 1. The van der Waals surface area contributed by atoms with Gasteiger partial charge in [0.1, 0.15) is 0 Å². The van der Waals surface area contributed by atoms with Crippen molar-refractivity contribution in [1.29, 1.82) is 0 Å². The Kier molecular flexibility index (Phi) is 3.10. The number of rotatable bonds is 3. The Morgan fingerprint density at radius 2 is 2.28 bits per heavy atom. The molecule has 1 aromatic heterocycles. The lowest BCUT2D eigenvalue weighted by molar-refractivity contribution is 0.418. The molecule has 3 nitrogen and oxygen atoms in total. The lowest BCUT2D eigenvalue weighted by Crippen LogP contribution is -2.41. The van der Waals surface area contributed by atoms with Crippen LogP contribution in [0.4, 0.5) is 0 Å². The van der Waals surface area contributed by atoms with E-state index >= 15 is 0 Å². The first kappa shape index (κ1) is 11.8. The molecule has 0 amide bonds. The molecule has 1 aliphatic rings. The van der Waals surface area contributed by atoms with Crippen molar-refractivity contribution in [3.8, 4) is 0 Å². The molecule has 1 aliphatic heterocycles. The van der Waals surface area contributed by atoms with Gasteiger partial charge in [-0.2, -0.15) is 0 Å². The highest BCUT2D eigenvalue weighted by Crippen LogP contribution is 2.27. The molecule has 94 valence electrons. The number of hydrogen-bond acceptors (Lipinski definition) is 2. The minimum Gasteiger partial charge on any atom is -0.327 e. The van der Waals surface area contributed by atoms with Gasteiger partial charge in [0.15, 0.2) is 0 Å². The van der Waals surface area contributed by atoms with E-state index in [2.05, 4.69) is 27.9 Å². The highest BCUT2D eigenvalue weighted by atomic mass is 35.5. The Bertz CT molecular complexity index is 545. The summed E-state index contributed by atoms with van der Waals surface area (Å²) < 4.78 is 2.25. The molecule has 0 radical (unpaired) electrons. The van der Waals surface area contributed by atoms with Crippen molar-refractivity contribution in [2.24, 2.45) is 0 Å². The zero-order valence-electron chi connectivity index (χ0n) is 10.3. The van der Waals surface area contributed by atoms with Gasteiger partial charge in [-0.05, 0) is 24.6 Å². The molecule has 2 aromatic rings. The van der Waals surface area contributed by atoms with Crippen molar-refractivity contribution >= 4 is 11.6 Å². The maximum atomic E-state index is 6.06. The SMILES string of the molecule is CC(c1cccc(Cl)c1)n1cncc1C1CNC1. The normalized spacial score (nSPS) is 17.4. The van der Waals surface area contributed by atoms with E-state index in [4.69, 9.17) is 11.6 Å². The van der Waals surface area contributed by atoms with Crippen LogP contribution in [-0.2, 0) is 0 Å². The van der Waals surface area contributed by atoms with E-state index in [0.717, 1.165) is 18.1 Å². The molecule has 1 N–H and O–H groups in total. The van der Waals surface area contributed by atoms with Gasteiger partial charge in [0.25, 0.3) is 0 Å². The number of halogens is 1. The fraction of sp³-hybridized carbons (Fsp3) is 0.357. The van der Waals surface area contributed by atoms with Crippen molar-refractivity contribution in [3.05, 3.63) is 53.1 Å². The summed E-state index contributed by atoms with van der Waals surface area (Å²) in [6, 6.07) is 8.30. The van der Waals surface area contributed by atoms with Gasteiger partial charge >= 0.3 is 0 Å². The van der Waals surface area contributed by atoms with E-state index in [0.29, 0.717) is 5.92 Å². The van der Waals surface area contributed by atoms with E-state index < -0.39 is 0 Å². The van der Waals surface area contributed by atoms with Crippen LogP contribution in [0.25, 0.3) is 0 Å². The summed E-state index contributed by atoms with van der Waals surface area (Å²) in [6.07, 6.45) is 3.89. The minimum absolute atomic E-state index is 0.266. The van der Waals surface area contributed by atoms with Gasteiger partial charge in [-0.15, -0.1) is 0 Å². The van der Waals surface area contributed by atoms with Gasteiger partial charge < -0.3 is 9.88 Å². The van der Waals surface area contributed by atoms with Gasteiger partial charge in [0, 0.05) is 35.9 Å². The zero-order valence-corrected chi connectivity index (χ0v) is 11.1. The summed E-state index contributed by atoms with van der Waals surface area (Å²) in [4.78, 5) is 4.30. The molecule has 4 heteroatoms. The van der Waals surface area contributed by atoms with E-state index in [1.54, 1.807) is 0 Å². The smallest absolute Gasteiger partial charge is 0.0953 e. The first-order valence-electron chi connectivity index (χ1n) is 6.23. The van der Waals surface area contributed by atoms with Crippen LogP contribution in [0.15, 0.2) is 36.8 Å². The van der Waals surface area contributed by atoms with Crippen LogP contribution < -0.4 is 5.32 Å². The van der Waals surface area contributed by atoms with Crippen LogP contribution in [0.2, 0.25) is 5.02 Å². The topological polar surface area (TPSA) is 29.9 Å². The number of nitrogens with one attached hydrogen (secondary N) is 1. The summed E-state index contributed by atoms with van der Waals surface area (Å²) in [5.74, 6) is 0.592. The number of hydrogen-bond donors (Lipinski definition) is 1. The van der Waals surface area contributed by atoms with Crippen LogP contribution in [-0.4, -0.2) is 22.6 Å². The van der Waals surface area contributed by atoms with Crippen LogP contribution in [0.5, 0.6) is 0 Å². The molecule has 1 unspecified atom stereocenters. The summed E-state index contributed by atoms with van der Waals surface area (Å²) in [5, 5.41) is 4.09. The third kappa shape index (κ3) is 2.04. The molecular formula is C14H16ClN3. The maximum absolute atomic E-state index is 6.06. The van der Waals surface area contributed by atoms with Crippen molar-refractivity contribution in [1.82, 2.24) is 14.9 Å². The molecule has 18 heavy (non-hydrogen) atoms. The highest BCUT2D eigenvalue weighted by Gasteiger charge is 2.24. The number of nitrogens with zero attached hydrogens (tertiary/aromatic N) is 2. The van der Waals surface area contributed by atoms with Gasteiger partial charge in [0.05, 0.1) is 12.4 Å². The molecule has 3 rings (SSSR count). The Hall–Kier alpha value is -1.32. The first-order valence-corrected chi connectivity index (χ1v) is 6.61. The Labute approximate surface area is 112 Å². The average molecular weight is 262 g/mol. The Balaban J connectivity index is 1.92. The third-order valence-corrected chi connectivity index (χ3v) is 3.88. The third-order valence-electron chi connectivity index (χ3n) is 3.64. The monoisotopic (exact) mass is 261 g/mol. The molecule has 2 heterocycles. The van der Waals surface area contributed by atoms with Gasteiger partial charge in [0.2, 0.25) is 0 Å². The van der Waals surface area contributed by atoms with Crippen LogP contribution in [0, 0.1) is 0 Å². The molecule has 0 spiro atoms. The van der Waals surface area contributed by atoms with Crippen molar-refractivity contribution in [3.63, 3.8) is 0 Å². The predicted octanol–water partition coefficient (Wildman–Crippen LogP) is 2.83. The Morgan fingerprint density at radius 3 is 2.94 bits per heavy atom. The summed E-state index contributed by atoms with van der Waals surface area (Å²) in [7, 11) is 0. The van der Waals surface area contributed by atoms with E-state index in [-0.39, 0.29) is 6.04 Å². The quantitative estimate of drug-likeness (QED) is 0.921. The molecule has 1 saturated heterocycles. The molecule has 0 bridgehead atoms. The molecular weight excluding hydrogens is 246 g/mol. The largest absolute Gasteiger partial charge is 0.327 e. The second-order valence-electron chi connectivity index (χ2n) is 4.81. The van der Waals surface area contributed by atoms with Gasteiger partial charge in [-0.1, -0.05) is 23.7 Å². The van der Waals surface area contributed by atoms with E-state index in [9.17, 15) is 0 Å². The molecule has 0 saturated carbocycles. The van der Waals surface area contributed by atoms with Gasteiger partial charge in [-0.3, -0.25) is 0 Å². The lowest BCUT2D eigenvalue weighted by Gasteiger charge is -2.29. The second kappa shape index (κ2) is 4.75. The van der Waals surface area contributed by atoms with Crippen molar-refractivity contribution in [2.45, 2.75) is 18.9 Å². The van der Waals surface area contributed by atoms with Crippen molar-refractivity contribution < 1.29 is 0 Å². The first-order chi connectivity index (χ1) is 8.75. The minimum atomic E-state index is 0.266. The molecule has 1 fully saturated rings. The fourth-order valence-electron chi connectivity index (χ4n) is 2.38. The second-order valence-corrected chi connectivity index (χ2v) is 5.25. The maximum Gasteiger partial charge on any atom is 0.0953 e. The number of aromatic nitrogens is 2. The summed E-state index contributed by atoms with van der Waals surface area (Å²) in [5.41, 5.74) is 2.52. The average Bonchev–Trinajstić information content (AvgIpc) is 2.74. The van der Waals surface area contributed by atoms with E-state index in [1.165, 1.54) is 11.3 Å². The van der Waals surface area contributed by atoms with Crippen LogP contribution in [0.1, 0.15) is 30.1 Å². The lowest BCUT2D eigenvalue weighted by atomic mass is 9.98. The van der Waals surface area contributed by atoms with Crippen LogP contribution >= 0.6 is 11.6 Å². The highest BCUT2D eigenvalue weighted by molar-refractivity contribution is 6.30.